The molecule has 0 fully saturated rings. The van der Waals surface area contributed by atoms with Crippen molar-refractivity contribution in [2.24, 2.45) is 0 Å². The first-order valence-corrected chi connectivity index (χ1v) is 12.6. The van der Waals surface area contributed by atoms with Gasteiger partial charge in [-0.1, -0.05) is 23.8 Å². The van der Waals surface area contributed by atoms with Crippen LogP contribution in [0.15, 0.2) is 71.6 Å². The maximum atomic E-state index is 12.8. The average Bonchev–Trinajstić information content (AvgIpc) is 2.81. The number of rotatable bonds is 10. The third kappa shape index (κ3) is 6.29. The zero-order valence-electron chi connectivity index (χ0n) is 19.8. The lowest BCUT2D eigenvalue weighted by Crippen LogP contribution is -2.26. The molecule has 1 amide bonds. The summed E-state index contributed by atoms with van der Waals surface area (Å²) in [5.41, 5.74) is 2.64. The Morgan fingerprint density at radius 1 is 0.882 bits per heavy atom. The van der Waals surface area contributed by atoms with Crippen LogP contribution < -0.4 is 19.5 Å². The van der Waals surface area contributed by atoms with Crippen LogP contribution in [0.4, 0.5) is 5.69 Å². The van der Waals surface area contributed by atoms with Gasteiger partial charge in [0.2, 0.25) is 0 Å². The van der Waals surface area contributed by atoms with E-state index in [1.807, 2.05) is 45.9 Å². The van der Waals surface area contributed by atoms with Crippen molar-refractivity contribution >= 4 is 21.6 Å². The highest BCUT2D eigenvalue weighted by molar-refractivity contribution is 7.92. The Hall–Kier alpha value is -3.52. The van der Waals surface area contributed by atoms with E-state index >= 15 is 0 Å². The molecule has 3 rings (SSSR count). The smallest absolute Gasteiger partial charge is 0.261 e. The summed E-state index contributed by atoms with van der Waals surface area (Å²) in [7, 11) is -3.71. The molecule has 0 radical (unpaired) electrons. The van der Waals surface area contributed by atoms with Crippen molar-refractivity contribution in [1.29, 1.82) is 0 Å². The fourth-order valence-electron chi connectivity index (χ4n) is 3.32. The highest BCUT2D eigenvalue weighted by Gasteiger charge is 2.16. The van der Waals surface area contributed by atoms with Gasteiger partial charge in [0.15, 0.2) is 11.5 Å². The van der Waals surface area contributed by atoms with Gasteiger partial charge in [-0.25, -0.2) is 8.42 Å². The van der Waals surface area contributed by atoms with Crippen LogP contribution in [0.3, 0.4) is 0 Å². The van der Waals surface area contributed by atoms with Gasteiger partial charge in [-0.3, -0.25) is 9.52 Å². The van der Waals surface area contributed by atoms with Crippen LogP contribution in [0.5, 0.6) is 11.5 Å². The zero-order chi connectivity index (χ0) is 24.7. The number of carbonyl (C=O) groups excluding carboxylic acids is 1. The number of amides is 1. The molecule has 1 atom stereocenters. The monoisotopic (exact) mass is 482 g/mol. The minimum atomic E-state index is -3.71. The predicted octanol–water partition coefficient (Wildman–Crippen LogP) is 5.08. The van der Waals surface area contributed by atoms with Gasteiger partial charge >= 0.3 is 0 Å². The molecule has 0 aliphatic rings. The van der Waals surface area contributed by atoms with Gasteiger partial charge in [0, 0.05) is 11.3 Å². The van der Waals surface area contributed by atoms with E-state index in [4.69, 9.17) is 9.47 Å². The molecule has 0 saturated heterocycles. The van der Waals surface area contributed by atoms with Crippen LogP contribution >= 0.6 is 0 Å². The fraction of sp³-hybridized carbons (Fsp3) is 0.269. The summed E-state index contributed by atoms with van der Waals surface area (Å²) < 4.78 is 38.9. The van der Waals surface area contributed by atoms with E-state index in [1.165, 1.54) is 0 Å². The number of aryl methyl sites for hydroxylation is 1. The molecule has 0 aliphatic heterocycles. The molecular weight excluding hydrogens is 452 g/mol. The summed E-state index contributed by atoms with van der Waals surface area (Å²) in [5, 5.41) is 2.96. The topological polar surface area (TPSA) is 93.7 Å². The number of hydrogen-bond acceptors (Lipinski definition) is 5. The van der Waals surface area contributed by atoms with E-state index in [2.05, 4.69) is 10.0 Å². The van der Waals surface area contributed by atoms with E-state index in [0.29, 0.717) is 36.0 Å². The first kappa shape index (κ1) is 25.1. The summed E-state index contributed by atoms with van der Waals surface area (Å²) in [4.78, 5) is 12.9. The number of sulfonamides is 1. The van der Waals surface area contributed by atoms with E-state index in [1.54, 1.807) is 48.5 Å². The molecule has 2 N–H and O–H groups in total. The number of carbonyl (C=O) groups is 1. The predicted molar refractivity (Wildman–Crippen MR) is 133 cm³/mol. The van der Waals surface area contributed by atoms with Gasteiger partial charge in [-0.2, -0.15) is 0 Å². The SMILES string of the molecule is CCOc1ccc([C@H](C)NC(=O)c2ccc(NS(=O)(=O)c3ccc(C)cc3)cc2)cc1OCC. The number of hydrogen-bond donors (Lipinski definition) is 2. The fourth-order valence-corrected chi connectivity index (χ4v) is 4.38. The molecule has 180 valence electrons. The Labute approximate surface area is 201 Å². The lowest BCUT2D eigenvalue weighted by molar-refractivity contribution is 0.0940. The van der Waals surface area contributed by atoms with Gasteiger partial charge in [0.05, 0.1) is 24.2 Å². The minimum absolute atomic E-state index is 0.176. The normalized spacial score (nSPS) is 12.0. The van der Waals surface area contributed by atoms with Gasteiger partial charge in [-0.05, 0) is 81.8 Å². The summed E-state index contributed by atoms with van der Waals surface area (Å²) in [6.45, 7) is 8.62. The molecule has 0 unspecified atom stereocenters. The third-order valence-corrected chi connectivity index (χ3v) is 6.54. The summed E-state index contributed by atoms with van der Waals surface area (Å²) >= 11 is 0. The van der Waals surface area contributed by atoms with E-state index in [-0.39, 0.29) is 16.8 Å². The molecule has 8 heteroatoms. The molecule has 0 aliphatic carbocycles. The molecule has 3 aromatic carbocycles. The van der Waals surface area contributed by atoms with E-state index < -0.39 is 10.0 Å². The van der Waals surface area contributed by atoms with E-state index in [0.717, 1.165) is 11.1 Å². The van der Waals surface area contributed by atoms with Crippen LogP contribution in [-0.4, -0.2) is 27.5 Å². The molecule has 0 bridgehead atoms. The number of anilines is 1. The van der Waals surface area contributed by atoms with Crippen molar-refractivity contribution in [1.82, 2.24) is 5.32 Å². The second-order valence-corrected chi connectivity index (χ2v) is 9.45. The summed E-state index contributed by atoms with van der Waals surface area (Å²) in [5.74, 6) is 1.02. The highest BCUT2D eigenvalue weighted by Crippen LogP contribution is 2.31. The molecule has 0 heterocycles. The van der Waals surface area contributed by atoms with Crippen molar-refractivity contribution in [3.05, 3.63) is 83.4 Å². The first-order valence-electron chi connectivity index (χ1n) is 11.1. The second-order valence-electron chi connectivity index (χ2n) is 7.76. The van der Waals surface area contributed by atoms with Gasteiger partial charge in [0.25, 0.3) is 15.9 Å². The molecule has 0 spiro atoms. The Bertz CT molecular complexity index is 1220. The number of benzene rings is 3. The second kappa shape index (κ2) is 11.1. The Morgan fingerprint density at radius 3 is 2.12 bits per heavy atom. The molecule has 0 saturated carbocycles. The van der Waals surface area contributed by atoms with Crippen molar-refractivity contribution in [3.8, 4) is 11.5 Å². The standard InChI is InChI=1S/C26H30N2O5S/c1-5-32-24-16-11-21(17-25(24)33-6-2)19(4)27-26(29)20-9-12-22(13-10-20)28-34(30,31)23-14-7-18(3)8-15-23/h7-17,19,28H,5-6H2,1-4H3,(H,27,29)/t19-/m0/s1. The Kier molecular flexibility index (Phi) is 8.17. The van der Waals surface area contributed by atoms with Gasteiger partial charge in [0.1, 0.15) is 0 Å². The maximum absolute atomic E-state index is 12.8. The van der Waals surface area contributed by atoms with Crippen molar-refractivity contribution < 1.29 is 22.7 Å². The molecular formula is C26H30N2O5S. The average molecular weight is 483 g/mol. The van der Waals surface area contributed by atoms with Crippen LogP contribution in [0.1, 0.15) is 48.3 Å². The summed E-state index contributed by atoms with van der Waals surface area (Å²) in [6.07, 6.45) is 0. The zero-order valence-corrected chi connectivity index (χ0v) is 20.6. The summed E-state index contributed by atoms with van der Waals surface area (Å²) in [6, 6.07) is 18.2. The maximum Gasteiger partial charge on any atom is 0.261 e. The Balaban J connectivity index is 1.67. The van der Waals surface area contributed by atoms with Crippen LogP contribution in [-0.2, 0) is 10.0 Å². The molecule has 3 aromatic rings. The minimum Gasteiger partial charge on any atom is -0.490 e. The first-order chi connectivity index (χ1) is 16.2. The Morgan fingerprint density at radius 2 is 1.50 bits per heavy atom. The lowest BCUT2D eigenvalue weighted by Gasteiger charge is -2.18. The van der Waals surface area contributed by atoms with Crippen LogP contribution in [0.2, 0.25) is 0 Å². The van der Waals surface area contributed by atoms with Crippen molar-refractivity contribution in [3.63, 3.8) is 0 Å². The van der Waals surface area contributed by atoms with Crippen molar-refractivity contribution in [2.75, 3.05) is 17.9 Å². The largest absolute Gasteiger partial charge is 0.490 e. The van der Waals surface area contributed by atoms with Crippen LogP contribution in [0.25, 0.3) is 0 Å². The lowest BCUT2D eigenvalue weighted by atomic mass is 10.1. The van der Waals surface area contributed by atoms with E-state index in [9.17, 15) is 13.2 Å². The van der Waals surface area contributed by atoms with Gasteiger partial charge in [-0.15, -0.1) is 0 Å². The van der Waals surface area contributed by atoms with Gasteiger partial charge < -0.3 is 14.8 Å². The van der Waals surface area contributed by atoms with Crippen molar-refractivity contribution in [2.45, 2.75) is 38.6 Å². The molecule has 7 nitrogen and oxygen atoms in total. The quantitative estimate of drug-likeness (QED) is 0.420. The van der Waals surface area contributed by atoms with Crippen LogP contribution in [0, 0.1) is 6.92 Å². The molecule has 0 aromatic heterocycles. The molecule has 34 heavy (non-hydrogen) atoms. The number of ether oxygens (including phenoxy) is 2. The third-order valence-electron chi connectivity index (χ3n) is 5.15. The highest BCUT2D eigenvalue weighted by atomic mass is 32.2. The number of nitrogens with one attached hydrogen (secondary N) is 2.